The van der Waals surface area contributed by atoms with Gasteiger partial charge in [0.2, 0.25) is 5.89 Å². The van der Waals surface area contributed by atoms with E-state index in [1.165, 1.54) is 4.70 Å². The van der Waals surface area contributed by atoms with Crippen LogP contribution in [0, 0.1) is 0 Å². The number of aromatic nitrogens is 3. The highest BCUT2D eigenvalue weighted by molar-refractivity contribution is 7.22. The number of thiophene rings is 1. The number of para-hydroxylation sites is 2. The molecule has 8 heteroatoms. The van der Waals surface area contributed by atoms with E-state index in [-0.39, 0.29) is 5.91 Å². The number of rotatable bonds is 5. The fourth-order valence-corrected chi connectivity index (χ4v) is 5.71. The molecule has 1 amide bonds. The fraction of sp³-hybridized carbons (Fsp3) is 0.0333. The summed E-state index contributed by atoms with van der Waals surface area (Å²) < 4.78 is 12.7. The largest absolute Gasteiger partial charge is 0.495 e. The van der Waals surface area contributed by atoms with Crippen LogP contribution in [0.4, 0.5) is 5.69 Å². The van der Waals surface area contributed by atoms with E-state index >= 15 is 0 Å². The van der Waals surface area contributed by atoms with Gasteiger partial charge in [0.25, 0.3) is 5.91 Å². The molecule has 0 unspecified atom stereocenters. The summed E-state index contributed by atoms with van der Waals surface area (Å²) in [4.78, 5) is 19.2. The third kappa shape index (κ3) is 3.79. The molecule has 0 spiro atoms. The van der Waals surface area contributed by atoms with Crippen LogP contribution in [-0.2, 0) is 0 Å². The predicted octanol–water partition coefficient (Wildman–Crippen LogP) is 7.51. The summed E-state index contributed by atoms with van der Waals surface area (Å²) >= 11 is 1.68. The summed E-state index contributed by atoms with van der Waals surface area (Å²) in [6.45, 7) is 0. The minimum absolute atomic E-state index is 0.261. The Balaban J connectivity index is 1.27. The topological polar surface area (TPSA) is 93.0 Å². The van der Waals surface area contributed by atoms with E-state index in [0.717, 1.165) is 37.8 Å². The van der Waals surface area contributed by atoms with Crippen LogP contribution < -0.4 is 10.1 Å². The summed E-state index contributed by atoms with van der Waals surface area (Å²) in [6.07, 6.45) is 1.73. The van der Waals surface area contributed by atoms with Crippen molar-refractivity contribution in [3.63, 3.8) is 0 Å². The molecule has 7 aromatic rings. The first kappa shape index (κ1) is 22.3. The van der Waals surface area contributed by atoms with Crippen molar-refractivity contribution in [2.24, 2.45) is 0 Å². The molecule has 3 aromatic heterocycles. The molecule has 0 aliphatic rings. The molecule has 0 saturated carbocycles. The number of carbonyl (C=O) groups excluding carboxylic acids is 1. The summed E-state index contributed by atoms with van der Waals surface area (Å²) in [6, 6.07) is 27.2. The zero-order valence-electron chi connectivity index (χ0n) is 20.2. The monoisotopic (exact) mass is 516 g/mol. The average molecular weight is 517 g/mol. The number of aromatic amines is 1. The number of nitrogens with zero attached hydrogens (tertiary/aromatic N) is 2. The molecule has 0 bridgehead atoms. The van der Waals surface area contributed by atoms with Crippen LogP contribution in [-0.4, -0.2) is 28.2 Å². The number of H-pyrrole nitrogens is 1. The van der Waals surface area contributed by atoms with Crippen molar-refractivity contribution >= 4 is 55.0 Å². The van der Waals surface area contributed by atoms with Gasteiger partial charge in [0, 0.05) is 31.7 Å². The molecular weight excluding hydrogens is 496 g/mol. The Labute approximate surface area is 220 Å². The van der Waals surface area contributed by atoms with Crippen LogP contribution >= 0.6 is 11.3 Å². The van der Waals surface area contributed by atoms with Crippen molar-refractivity contribution in [2.45, 2.75) is 0 Å². The molecule has 0 radical (unpaired) electrons. The van der Waals surface area contributed by atoms with Crippen molar-refractivity contribution in [3.05, 3.63) is 96.7 Å². The van der Waals surface area contributed by atoms with Gasteiger partial charge in [-0.05, 0) is 60.0 Å². The van der Waals surface area contributed by atoms with E-state index in [1.807, 2.05) is 60.7 Å². The summed E-state index contributed by atoms with van der Waals surface area (Å²) in [5, 5.41) is 12.4. The molecule has 3 heterocycles. The minimum Gasteiger partial charge on any atom is -0.495 e. The molecule has 7 nitrogen and oxygen atoms in total. The molecule has 38 heavy (non-hydrogen) atoms. The van der Waals surface area contributed by atoms with Crippen LogP contribution in [0.1, 0.15) is 10.4 Å². The highest BCUT2D eigenvalue weighted by Crippen LogP contribution is 2.38. The third-order valence-electron chi connectivity index (χ3n) is 6.49. The molecule has 0 atom stereocenters. The number of oxazole rings is 1. The third-order valence-corrected chi connectivity index (χ3v) is 7.64. The molecule has 4 aromatic carbocycles. The van der Waals surface area contributed by atoms with Gasteiger partial charge in [-0.15, -0.1) is 11.3 Å². The Morgan fingerprint density at radius 3 is 2.71 bits per heavy atom. The summed E-state index contributed by atoms with van der Waals surface area (Å²) in [5.74, 6) is 0.743. The number of fused-ring (bicyclic) bond motifs is 3. The lowest BCUT2D eigenvalue weighted by molar-refractivity contribution is 0.102. The Hall–Kier alpha value is -4.95. The lowest BCUT2D eigenvalue weighted by Crippen LogP contribution is -2.13. The van der Waals surface area contributed by atoms with Crippen LogP contribution in [0.5, 0.6) is 5.75 Å². The van der Waals surface area contributed by atoms with Crippen LogP contribution in [0.2, 0.25) is 0 Å². The smallest absolute Gasteiger partial charge is 0.255 e. The lowest BCUT2D eigenvalue weighted by Gasteiger charge is -2.12. The Bertz CT molecular complexity index is 1920. The maximum absolute atomic E-state index is 13.6. The van der Waals surface area contributed by atoms with E-state index in [4.69, 9.17) is 9.15 Å². The number of nitrogens with one attached hydrogen (secondary N) is 2. The first-order valence-corrected chi connectivity index (χ1v) is 12.8. The molecule has 0 saturated heterocycles. The Morgan fingerprint density at radius 2 is 1.84 bits per heavy atom. The minimum atomic E-state index is -0.261. The van der Waals surface area contributed by atoms with Crippen molar-refractivity contribution in [1.82, 2.24) is 15.2 Å². The van der Waals surface area contributed by atoms with Gasteiger partial charge in [-0.1, -0.05) is 30.3 Å². The van der Waals surface area contributed by atoms with E-state index < -0.39 is 0 Å². The van der Waals surface area contributed by atoms with E-state index in [2.05, 4.69) is 38.7 Å². The Kier molecular flexibility index (Phi) is 5.19. The molecule has 0 fully saturated rings. The van der Waals surface area contributed by atoms with Crippen LogP contribution in [0.15, 0.2) is 95.5 Å². The summed E-state index contributed by atoms with van der Waals surface area (Å²) in [5.41, 5.74) is 5.06. The average Bonchev–Trinajstić information content (AvgIpc) is 3.70. The number of anilines is 1. The first-order chi connectivity index (χ1) is 18.7. The van der Waals surface area contributed by atoms with Crippen molar-refractivity contribution in [1.29, 1.82) is 0 Å². The second kappa shape index (κ2) is 8.86. The SMILES string of the molecule is COc1ccc(-c2nc3ccccc3o2)cc1NC(=O)c1cc(-c2cc3ccccc3s2)c2[nH]ncc2c1. The predicted molar refractivity (Wildman–Crippen MR) is 151 cm³/mol. The quantitative estimate of drug-likeness (QED) is 0.247. The van der Waals surface area contributed by atoms with Crippen molar-refractivity contribution < 1.29 is 13.9 Å². The number of carbonyl (C=O) groups is 1. The van der Waals surface area contributed by atoms with Gasteiger partial charge in [-0.25, -0.2) is 4.98 Å². The number of hydrogen-bond donors (Lipinski definition) is 2. The zero-order valence-corrected chi connectivity index (χ0v) is 21.0. The van der Waals surface area contributed by atoms with E-state index in [0.29, 0.717) is 28.5 Å². The molecule has 184 valence electrons. The van der Waals surface area contributed by atoms with Gasteiger partial charge in [0.05, 0.1) is 24.5 Å². The first-order valence-electron chi connectivity index (χ1n) is 12.0. The van der Waals surface area contributed by atoms with E-state index in [9.17, 15) is 4.79 Å². The molecule has 0 aliphatic carbocycles. The standard InChI is InChI=1S/C30H20N4O3S/c1-36-24-11-10-18(30-33-22-7-3-4-8-25(22)37-30)14-23(24)32-29(35)19-12-20-16-31-34-28(20)21(13-19)27-15-17-6-2-5-9-26(17)38-27/h2-16H,1H3,(H,31,34)(H,32,35). The second-order valence-corrected chi connectivity index (χ2v) is 9.95. The van der Waals surface area contributed by atoms with Gasteiger partial charge in [-0.2, -0.15) is 5.10 Å². The number of hydrogen-bond acceptors (Lipinski definition) is 6. The van der Waals surface area contributed by atoms with Crippen LogP contribution in [0.3, 0.4) is 0 Å². The van der Waals surface area contributed by atoms with Gasteiger partial charge in [0.1, 0.15) is 11.3 Å². The number of ether oxygens (including phenoxy) is 1. The van der Waals surface area contributed by atoms with Crippen molar-refractivity contribution in [2.75, 3.05) is 12.4 Å². The maximum Gasteiger partial charge on any atom is 0.255 e. The fourth-order valence-electron chi connectivity index (χ4n) is 4.63. The highest BCUT2D eigenvalue weighted by Gasteiger charge is 2.18. The van der Waals surface area contributed by atoms with Gasteiger partial charge in [0.15, 0.2) is 5.58 Å². The van der Waals surface area contributed by atoms with Crippen molar-refractivity contribution in [3.8, 4) is 27.6 Å². The second-order valence-electron chi connectivity index (χ2n) is 8.86. The normalized spacial score (nSPS) is 11.4. The molecular formula is C30H20N4O3S. The van der Waals surface area contributed by atoms with Gasteiger partial charge >= 0.3 is 0 Å². The summed E-state index contributed by atoms with van der Waals surface area (Å²) in [7, 11) is 1.57. The van der Waals surface area contributed by atoms with Crippen LogP contribution in [0.25, 0.3) is 54.0 Å². The van der Waals surface area contributed by atoms with E-state index in [1.54, 1.807) is 30.7 Å². The molecule has 0 aliphatic heterocycles. The molecule has 7 rings (SSSR count). The van der Waals surface area contributed by atoms with Gasteiger partial charge in [-0.3, -0.25) is 9.89 Å². The maximum atomic E-state index is 13.6. The number of benzene rings is 4. The molecule has 2 N–H and O–H groups in total. The lowest BCUT2D eigenvalue weighted by atomic mass is 10.0. The number of methoxy groups -OCH3 is 1. The Morgan fingerprint density at radius 1 is 0.974 bits per heavy atom. The highest BCUT2D eigenvalue weighted by atomic mass is 32.1. The van der Waals surface area contributed by atoms with Gasteiger partial charge < -0.3 is 14.5 Å². The zero-order chi connectivity index (χ0) is 25.6. The number of amides is 1.